The van der Waals surface area contributed by atoms with Gasteiger partial charge in [0.2, 0.25) is 0 Å². The van der Waals surface area contributed by atoms with Gasteiger partial charge in [-0.15, -0.1) is 6.61 Å². The third-order valence-corrected chi connectivity index (χ3v) is 0.577. The van der Waals surface area contributed by atoms with Crippen LogP contribution in [-0.4, -0.2) is 13.9 Å². The molecule has 8 heavy (non-hydrogen) atoms. The van der Waals surface area contributed by atoms with Crippen LogP contribution in [0.1, 0.15) is 20.8 Å². The maximum Gasteiger partial charge on any atom is -0.0809 e. The van der Waals surface area contributed by atoms with E-state index in [1.807, 2.05) is 0 Å². The molecule has 0 aliphatic rings. The molecule has 0 radical (unpaired) electrons. The SMILES string of the molecule is CC[B+]CC.CC[O-]. The topological polar surface area (TPSA) is 23.1 Å². The van der Waals surface area contributed by atoms with Gasteiger partial charge in [0.15, 0.2) is 0 Å². The van der Waals surface area contributed by atoms with E-state index in [1.54, 1.807) is 6.92 Å². The molecule has 0 aromatic heterocycles. The molecule has 0 N–H and O–H groups in total. The van der Waals surface area contributed by atoms with Crippen LogP contribution >= 0.6 is 0 Å². The average molecular weight is 114 g/mol. The zero-order chi connectivity index (χ0) is 6.83. The van der Waals surface area contributed by atoms with Crippen LogP contribution in [0.15, 0.2) is 0 Å². The van der Waals surface area contributed by atoms with E-state index >= 15 is 0 Å². The van der Waals surface area contributed by atoms with E-state index < -0.39 is 0 Å². The van der Waals surface area contributed by atoms with Crippen molar-refractivity contribution in [3.05, 3.63) is 0 Å². The van der Waals surface area contributed by atoms with E-state index in [2.05, 4.69) is 21.1 Å². The summed E-state index contributed by atoms with van der Waals surface area (Å²) in [5.41, 5.74) is 0. The average Bonchev–Trinajstić information content (AvgIpc) is 1.71. The Hall–Kier alpha value is 0.0249. The van der Waals surface area contributed by atoms with Gasteiger partial charge < -0.3 is 5.11 Å². The molecule has 48 valence electrons. The molecule has 1 nitrogen and oxygen atoms in total. The fourth-order valence-corrected chi connectivity index (χ4v) is 0.289. The summed E-state index contributed by atoms with van der Waals surface area (Å²) in [5.74, 6) is 0. The van der Waals surface area contributed by atoms with Crippen LogP contribution in [0.4, 0.5) is 0 Å². The van der Waals surface area contributed by atoms with Crippen LogP contribution in [0, 0.1) is 0 Å². The molecule has 0 heterocycles. The normalized spacial score (nSPS) is 6.50. The second-order valence-electron chi connectivity index (χ2n) is 1.39. The van der Waals surface area contributed by atoms with Gasteiger partial charge in [0.1, 0.15) is 0 Å². The van der Waals surface area contributed by atoms with E-state index in [1.165, 1.54) is 12.6 Å². The molecule has 0 aliphatic heterocycles. The van der Waals surface area contributed by atoms with Gasteiger partial charge >= 0.3 is 33.8 Å². The summed E-state index contributed by atoms with van der Waals surface area (Å²) in [4.78, 5) is 0. The summed E-state index contributed by atoms with van der Waals surface area (Å²) in [6, 6.07) is 0. The molecule has 0 unspecified atom stereocenters. The van der Waals surface area contributed by atoms with Gasteiger partial charge in [-0.25, -0.2) is 0 Å². The molecule has 0 saturated heterocycles. The van der Waals surface area contributed by atoms with Crippen molar-refractivity contribution < 1.29 is 5.11 Å². The van der Waals surface area contributed by atoms with E-state index in [0.29, 0.717) is 0 Å². The standard InChI is InChI=1S/C4H10B.C2H5O/c1-3-5-4-2;1-2-3/h3-4H2,1-2H3;2H2,1H3/q+1;-1. The van der Waals surface area contributed by atoms with E-state index in [0.717, 1.165) is 0 Å². The van der Waals surface area contributed by atoms with Crippen LogP contribution < -0.4 is 5.11 Å². The smallest absolute Gasteiger partial charge is 0.0809 e. The molecule has 0 atom stereocenters. The molecule has 0 amide bonds. The number of hydrogen-bond acceptors (Lipinski definition) is 1. The minimum atomic E-state index is 0. The van der Waals surface area contributed by atoms with Crippen LogP contribution in [0.3, 0.4) is 0 Å². The molecular weight excluding hydrogens is 98.9 g/mol. The second kappa shape index (κ2) is 15.7. The predicted octanol–water partition coefficient (Wildman–Crippen LogP) is 0.934. The maximum absolute atomic E-state index is 8.93. The summed E-state index contributed by atoms with van der Waals surface area (Å²) in [6.45, 7) is 5.88. The minimum absolute atomic E-state index is 0. The van der Waals surface area contributed by atoms with Gasteiger partial charge in [-0.2, -0.15) is 0 Å². The fourth-order valence-electron chi connectivity index (χ4n) is 0.289. The van der Waals surface area contributed by atoms with Gasteiger partial charge in [0.25, 0.3) is 0 Å². The molecule has 0 fully saturated rings. The Bertz CT molecular complexity index is 22.5. The summed E-state index contributed by atoms with van der Waals surface area (Å²) in [7, 11) is 2.25. The van der Waals surface area contributed by atoms with E-state index in [9.17, 15) is 0 Å². The fraction of sp³-hybridized carbons (Fsp3) is 1.00. The zero-order valence-electron chi connectivity index (χ0n) is 6.11. The first kappa shape index (κ1) is 10.9. The summed E-state index contributed by atoms with van der Waals surface area (Å²) < 4.78 is 0. The van der Waals surface area contributed by atoms with Crippen molar-refractivity contribution in [1.82, 2.24) is 0 Å². The van der Waals surface area contributed by atoms with Crippen LogP contribution in [0.25, 0.3) is 0 Å². The van der Waals surface area contributed by atoms with Gasteiger partial charge in [-0.05, 0) is 0 Å². The first-order chi connectivity index (χ1) is 3.83. The van der Waals surface area contributed by atoms with Crippen LogP contribution in [0.2, 0.25) is 12.6 Å². The maximum atomic E-state index is 8.93. The zero-order valence-corrected chi connectivity index (χ0v) is 6.11. The quantitative estimate of drug-likeness (QED) is 0.489. The van der Waals surface area contributed by atoms with Crippen molar-refractivity contribution in [2.75, 3.05) is 6.61 Å². The molecule has 0 aliphatic carbocycles. The first-order valence-corrected chi connectivity index (χ1v) is 3.23. The minimum Gasteiger partial charge on any atom is -0.855 e. The molecule has 0 saturated carbocycles. The Morgan fingerprint density at radius 2 is 1.38 bits per heavy atom. The predicted molar refractivity (Wildman–Crippen MR) is 37.3 cm³/mol. The van der Waals surface area contributed by atoms with Crippen molar-refractivity contribution in [2.45, 2.75) is 33.4 Å². The largest absolute Gasteiger partial charge is 0.855 e. The number of hydrogen-bond donors (Lipinski definition) is 0. The van der Waals surface area contributed by atoms with Crippen molar-refractivity contribution >= 4 is 7.28 Å². The molecule has 2 heteroatoms. The molecule has 0 aromatic rings. The Labute approximate surface area is 53.4 Å². The van der Waals surface area contributed by atoms with Crippen LogP contribution in [-0.2, 0) is 0 Å². The Morgan fingerprint density at radius 1 is 1.12 bits per heavy atom. The monoisotopic (exact) mass is 114 g/mol. The van der Waals surface area contributed by atoms with E-state index in [4.69, 9.17) is 5.11 Å². The van der Waals surface area contributed by atoms with Crippen molar-refractivity contribution in [3.63, 3.8) is 0 Å². The summed E-state index contributed by atoms with van der Waals surface area (Å²) in [5, 5.41) is 8.93. The third-order valence-electron chi connectivity index (χ3n) is 0.577. The molecule has 0 aromatic carbocycles. The summed E-state index contributed by atoms with van der Waals surface area (Å²) in [6.07, 6.45) is 2.44. The molecule has 0 rings (SSSR count). The molecule has 0 bridgehead atoms. The molecular formula is C6H15BO. The van der Waals surface area contributed by atoms with Gasteiger partial charge in [0, 0.05) is 0 Å². The van der Waals surface area contributed by atoms with Gasteiger partial charge in [-0.1, -0.05) is 6.92 Å². The van der Waals surface area contributed by atoms with Crippen LogP contribution in [0.5, 0.6) is 0 Å². The number of rotatable bonds is 2. The summed E-state index contributed by atoms with van der Waals surface area (Å²) >= 11 is 0. The van der Waals surface area contributed by atoms with Crippen molar-refractivity contribution in [3.8, 4) is 0 Å². The van der Waals surface area contributed by atoms with Gasteiger partial charge in [-0.3, -0.25) is 0 Å². The third kappa shape index (κ3) is 37.1. The van der Waals surface area contributed by atoms with E-state index in [-0.39, 0.29) is 6.61 Å². The van der Waals surface area contributed by atoms with Crippen molar-refractivity contribution in [2.24, 2.45) is 0 Å². The Kier molecular flexibility index (Phi) is 21.5. The second-order valence-corrected chi connectivity index (χ2v) is 1.39. The van der Waals surface area contributed by atoms with Crippen molar-refractivity contribution in [1.29, 1.82) is 0 Å². The Balaban J connectivity index is 0. The molecule has 0 spiro atoms. The first-order valence-electron chi connectivity index (χ1n) is 3.23. The Morgan fingerprint density at radius 3 is 1.38 bits per heavy atom. The van der Waals surface area contributed by atoms with Gasteiger partial charge in [0.05, 0.1) is 0 Å².